The van der Waals surface area contributed by atoms with E-state index in [1.807, 2.05) is 0 Å². The van der Waals surface area contributed by atoms with Crippen molar-refractivity contribution in [3.63, 3.8) is 0 Å². The van der Waals surface area contributed by atoms with Gasteiger partial charge >= 0.3 is 5.97 Å². The van der Waals surface area contributed by atoms with E-state index in [2.05, 4.69) is 11.2 Å². The Morgan fingerprint density at radius 1 is 0.966 bits per heavy atom. The largest absolute Gasteiger partial charge is 0.460 e. The quantitative estimate of drug-likeness (QED) is 0.197. The Morgan fingerprint density at radius 2 is 1.48 bits per heavy atom. The van der Waals surface area contributed by atoms with Gasteiger partial charge < -0.3 is 34.7 Å². The average molecular weight is 417 g/mol. The van der Waals surface area contributed by atoms with Gasteiger partial charge in [-0.25, -0.2) is 0 Å². The highest BCUT2D eigenvalue weighted by Gasteiger charge is 2.19. The fraction of sp³-hybridized carbons (Fsp3) is 0.800. The summed E-state index contributed by atoms with van der Waals surface area (Å²) in [5, 5.41) is 2.67. The van der Waals surface area contributed by atoms with Gasteiger partial charge in [-0.1, -0.05) is 5.92 Å². The second-order valence-corrected chi connectivity index (χ2v) is 7.12. The molecule has 0 unspecified atom stereocenters. The highest BCUT2D eigenvalue weighted by Crippen LogP contribution is 2.09. The topological polar surface area (TPSA) is 118 Å². The summed E-state index contributed by atoms with van der Waals surface area (Å²) in [5.41, 5.74) is 5.23. The van der Waals surface area contributed by atoms with Gasteiger partial charge in [0.05, 0.1) is 52.3 Å². The molecule has 29 heavy (non-hydrogen) atoms. The first kappa shape index (κ1) is 27.3. The Bertz CT molecular complexity index is 486. The third-order valence-corrected chi connectivity index (χ3v) is 3.26. The van der Waals surface area contributed by atoms with Crippen LogP contribution in [0, 0.1) is 12.3 Å². The number of esters is 1. The maximum Gasteiger partial charge on any atom is 0.306 e. The zero-order chi connectivity index (χ0) is 22.0. The van der Waals surface area contributed by atoms with Crippen LogP contribution in [-0.4, -0.2) is 82.9 Å². The number of terminal acetylenes is 1. The SMILES string of the molecule is C#CCOCCOCCOCCOCCNC(=O)[C@@H](N)CCC(=O)OC(C)(C)C. The number of hydrogen-bond acceptors (Lipinski definition) is 8. The zero-order valence-corrected chi connectivity index (χ0v) is 17.9. The van der Waals surface area contributed by atoms with Gasteiger partial charge in [0.1, 0.15) is 12.2 Å². The monoisotopic (exact) mass is 416 g/mol. The Hall–Kier alpha value is -1.70. The van der Waals surface area contributed by atoms with Crippen LogP contribution in [0.4, 0.5) is 0 Å². The standard InChI is InChI=1S/C20H36N2O7/c1-5-9-25-11-13-27-15-16-28-14-12-26-10-8-22-19(24)17(21)6-7-18(23)29-20(2,3)4/h1,17H,6-16,21H2,2-4H3,(H,22,24)/t17-/m0/s1. The van der Waals surface area contributed by atoms with E-state index in [9.17, 15) is 9.59 Å². The Morgan fingerprint density at radius 3 is 2.00 bits per heavy atom. The maximum absolute atomic E-state index is 11.9. The molecule has 0 aliphatic heterocycles. The van der Waals surface area contributed by atoms with Crippen molar-refractivity contribution in [2.45, 2.75) is 45.3 Å². The lowest BCUT2D eigenvalue weighted by Gasteiger charge is -2.20. The minimum atomic E-state index is -0.761. The summed E-state index contributed by atoms with van der Waals surface area (Å²) in [6.45, 7) is 9.03. The number of nitrogens with two attached hydrogens (primary N) is 1. The molecular formula is C20H36N2O7. The first-order chi connectivity index (χ1) is 13.8. The van der Waals surface area contributed by atoms with Crippen molar-refractivity contribution < 1.29 is 33.3 Å². The number of rotatable bonds is 17. The van der Waals surface area contributed by atoms with Gasteiger partial charge in [0.25, 0.3) is 0 Å². The molecule has 0 saturated heterocycles. The first-order valence-electron chi connectivity index (χ1n) is 9.76. The molecule has 0 aliphatic rings. The van der Waals surface area contributed by atoms with Gasteiger partial charge in [0, 0.05) is 13.0 Å². The van der Waals surface area contributed by atoms with E-state index in [4.69, 9.17) is 35.8 Å². The van der Waals surface area contributed by atoms with Crippen LogP contribution >= 0.6 is 0 Å². The van der Waals surface area contributed by atoms with Crippen molar-refractivity contribution in [2.75, 3.05) is 59.4 Å². The van der Waals surface area contributed by atoms with Gasteiger partial charge in [-0.2, -0.15) is 0 Å². The molecule has 168 valence electrons. The van der Waals surface area contributed by atoms with E-state index >= 15 is 0 Å². The summed E-state index contributed by atoms with van der Waals surface area (Å²) in [7, 11) is 0. The Balaban J connectivity index is 3.46. The fourth-order valence-corrected chi connectivity index (χ4v) is 1.97. The highest BCUT2D eigenvalue weighted by molar-refractivity contribution is 5.82. The molecular weight excluding hydrogens is 380 g/mol. The Labute approximate surface area is 173 Å². The van der Waals surface area contributed by atoms with Crippen LogP contribution in [0.3, 0.4) is 0 Å². The molecule has 0 spiro atoms. The van der Waals surface area contributed by atoms with Gasteiger partial charge in [-0.3, -0.25) is 9.59 Å². The van der Waals surface area contributed by atoms with Gasteiger partial charge in [0.15, 0.2) is 0 Å². The van der Waals surface area contributed by atoms with Gasteiger partial charge in [-0.15, -0.1) is 6.42 Å². The lowest BCUT2D eigenvalue weighted by molar-refractivity contribution is -0.155. The molecule has 0 heterocycles. The molecule has 9 nitrogen and oxygen atoms in total. The molecule has 0 aromatic rings. The summed E-state index contributed by atoms with van der Waals surface area (Å²) >= 11 is 0. The molecule has 0 radical (unpaired) electrons. The molecule has 1 atom stereocenters. The van der Waals surface area contributed by atoms with E-state index in [1.54, 1.807) is 20.8 Å². The van der Waals surface area contributed by atoms with Crippen LogP contribution in [-0.2, 0) is 33.3 Å². The van der Waals surface area contributed by atoms with Crippen molar-refractivity contribution in [3.05, 3.63) is 0 Å². The molecule has 0 bridgehead atoms. The van der Waals surface area contributed by atoms with E-state index in [0.29, 0.717) is 52.8 Å². The lowest BCUT2D eigenvalue weighted by atomic mass is 10.1. The number of amides is 1. The summed E-state index contributed by atoms with van der Waals surface area (Å²) < 4.78 is 26.2. The summed E-state index contributed by atoms with van der Waals surface area (Å²) in [6, 6.07) is -0.761. The third kappa shape index (κ3) is 19.4. The summed E-state index contributed by atoms with van der Waals surface area (Å²) in [4.78, 5) is 23.5. The molecule has 0 rings (SSSR count). The van der Waals surface area contributed by atoms with Crippen LogP contribution in [0.1, 0.15) is 33.6 Å². The molecule has 0 fully saturated rings. The lowest BCUT2D eigenvalue weighted by Crippen LogP contribution is -2.42. The smallest absolute Gasteiger partial charge is 0.306 e. The number of ether oxygens (including phenoxy) is 5. The molecule has 0 aliphatic carbocycles. The summed E-state index contributed by atoms with van der Waals surface area (Å²) in [5.74, 6) is 1.68. The minimum absolute atomic E-state index is 0.0986. The molecule has 1 amide bonds. The van der Waals surface area contributed by atoms with Crippen molar-refractivity contribution in [1.82, 2.24) is 5.32 Å². The van der Waals surface area contributed by atoms with Crippen molar-refractivity contribution >= 4 is 11.9 Å². The fourth-order valence-electron chi connectivity index (χ4n) is 1.97. The first-order valence-corrected chi connectivity index (χ1v) is 9.76. The second kappa shape index (κ2) is 17.2. The van der Waals surface area contributed by atoms with Crippen LogP contribution in [0.15, 0.2) is 0 Å². The molecule has 0 aromatic carbocycles. The predicted octanol–water partition coefficient (Wildman–Crippen LogP) is 0.251. The second-order valence-electron chi connectivity index (χ2n) is 7.12. The van der Waals surface area contributed by atoms with E-state index in [1.165, 1.54) is 0 Å². The Kier molecular flexibility index (Phi) is 16.2. The van der Waals surface area contributed by atoms with Gasteiger partial charge in [-0.05, 0) is 27.2 Å². The average Bonchev–Trinajstić information content (AvgIpc) is 2.64. The molecule has 3 N–H and O–H groups in total. The number of carbonyl (C=O) groups is 2. The summed E-state index contributed by atoms with van der Waals surface area (Å²) in [6.07, 6.45) is 5.37. The highest BCUT2D eigenvalue weighted by atomic mass is 16.6. The van der Waals surface area contributed by atoms with Crippen LogP contribution < -0.4 is 11.1 Å². The van der Waals surface area contributed by atoms with Crippen LogP contribution in [0.2, 0.25) is 0 Å². The zero-order valence-electron chi connectivity index (χ0n) is 17.9. The van der Waals surface area contributed by atoms with E-state index < -0.39 is 11.6 Å². The molecule has 0 aromatic heterocycles. The van der Waals surface area contributed by atoms with Gasteiger partial charge in [0.2, 0.25) is 5.91 Å². The van der Waals surface area contributed by atoms with Crippen molar-refractivity contribution in [2.24, 2.45) is 5.73 Å². The normalized spacial score (nSPS) is 12.2. The third-order valence-electron chi connectivity index (χ3n) is 3.26. The number of hydrogen-bond donors (Lipinski definition) is 2. The minimum Gasteiger partial charge on any atom is -0.460 e. The van der Waals surface area contributed by atoms with Crippen LogP contribution in [0.5, 0.6) is 0 Å². The van der Waals surface area contributed by atoms with Crippen LogP contribution in [0.25, 0.3) is 0 Å². The number of carbonyl (C=O) groups excluding carboxylic acids is 2. The molecule has 0 saturated carbocycles. The van der Waals surface area contributed by atoms with E-state index in [-0.39, 0.29) is 31.3 Å². The predicted molar refractivity (Wildman–Crippen MR) is 108 cm³/mol. The van der Waals surface area contributed by atoms with Crippen molar-refractivity contribution in [1.29, 1.82) is 0 Å². The molecule has 9 heteroatoms. The number of nitrogens with one attached hydrogen (secondary N) is 1. The van der Waals surface area contributed by atoms with Crippen molar-refractivity contribution in [3.8, 4) is 12.3 Å². The maximum atomic E-state index is 11.9. The van der Waals surface area contributed by atoms with E-state index in [0.717, 1.165) is 0 Å².